The normalized spacial score (nSPS) is 9.09. The maximum absolute atomic E-state index is 10.1. The molecule has 0 N–H and O–H groups in total. The average Bonchev–Trinajstić information content (AvgIpc) is 2.05. The molecule has 0 fully saturated rings. The SMILES string of the molecule is O=Nc1ccc([N+](=O)[O-])cn1. The third kappa shape index (κ3) is 1.54. The predicted molar refractivity (Wildman–Crippen MR) is 36.3 cm³/mol. The number of aromatic nitrogens is 1. The van der Waals surface area contributed by atoms with Crippen LogP contribution in [0.1, 0.15) is 0 Å². The lowest BCUT2D eigenvalue weighted by Gasteiger charge is -1.88. The van der Waals surface area contributed by atoms with Gasteiger partial charge in [0.2, 0.25) is 0 Å². The molecule has 0 atom stereocenters. The lowest BCUT2D eigenvalue weighted by atomic mass is 10.4. The maximum atomic E-state index is 10.1. The van der Waals surface area contributed by atoms with Crippen molar-refractivity contribution in [3.8, 4) is 0 Å². The first-order valence-electron chi connectivity index (χ1n) is 2.68. The van der Waals surface area contributed by atoms with E-state index < -0.39 is 4.92 Å². The van der Waals surface area contributed by atoms with Gasteiger partial charge in [-0.05, 0) is 11.2 Å². The van der Waals surface area contributed by atoms with Crippen LogP contribution < -0.4 is 0 Å². The van der Waals surface area contributed by atoms with Crippen LogP contribution in [0.4, 0.5) is 11.5 Å². The number of nitrogens with zero attached hydrogens (tertiary/aromatic N) is 3. The van der Waals surface area contributed by atoms with E-state index in [-0.39, 0.29) is 11.5 Å². The molecule has 0 aliphatic heterocycles. The van der Waals surface area contributed by atoms with E-state index in [1.807, 2.05) is 0 Å². The number of pyridine rings is 1. The van der Waals surface area contributed by atoms with Gasteiger partial charge in [0.1, 0.15) is 6.20 Å². The second-order valence-corrected chi connectivity index (χ2v) is 1.72. The van der Waals surface area contributed by atoms with Crippen LogP contribution in [0.5, 0.6) is 0 Å². The number of hydrogen-bond donors (Lipinski definition) is 0. The number of nitro groups is 1. The maximum Gasteiger partial charge on any atom is 0.287 e. The van der Waals surface area contributed by atoms with E-state index >= 15 is 0 Å². The molecule has 56 valence electrons. The second-order valence-electron chi connectivity index (χ2n) is 1.72. The van der Waals surface area contributed by atoms with Crippen LogP contribution in [0.2, 0.25) is 0 Å². The Morgan fingerprint density at radius 2 is 2.27 bits per heavy atom. The van der Waals surface area contributed by atoms with Crippen molar-refractivity contribution in [1.29, 1.82) is 0 Å². The Morgan fingerprint density at radius 3 is 2.64 bits per heavy atom. The molecule has 0 bridgehead atoms. The van der Waals surface area contributed by atoms with Gasteiger partial charge in [-0.1, -0.05) is 0 Å². The molecule has 0 radical (unpaired) electrons. The van der Waals surface area contributed by atoms with Gasteiger partial charge in [0.15, 0.2) is 5.82 Å². The standard InChI is InChI=1S/C5H3N3O3/c9-7-5-2-1-4(3-6-5)8(10)11/h1-3H. The molecule has 0 amide bonds. The summed E-state index contributed by atoms with van der Waals surface area (Å²) in [4.78, 5) is 22.7. The van der Waals surface area contributed by atoms with Gasteiger partial charge in [0, 0.05) is 6.07 Å². The number of nitroso groups, excluding NO2 is 1. The van der Waals surface area contributed by atoms with Crippen LogP contribution in [0.25, 0.3) is 0 Å². The first kappa shape index (κ1) is 7.26. The summed E-state index contributed by atoms with van der Waals surface area (Å²) in [5.74, 6) is -0.0596. The van der Waals surface area contributed by atoms with Crippen molar-refractivity contribution in [3.05, 3.63) is 33.4 Å². The van der Waals surface area contributed by atoms with E-state index in [1.165, 1.54) is 12.1 Å². The highest BCUT2D eigenvalue weighted by molar-refractivity contribution is 5.35. The molecule has 0 saturated carbocycles. The minimum absolute atomic E-state index is 0.0596. The Morgan fingerprint density at radius 1 is 1.55 bits per heavy atom. The van der Waals surface area contributed by atoms with Gasteiger partial charge in [-0.3, -0.25) is 10.1 Å². The molecular formula is C5H3N3O3. The molecule has 6 nitrogen and oxygen atoms in total. The highest BCUT2D eigenvalue weighted by atomic mass is 16.6. The Hall–Kier alpha value is -1.85. The van der Waals surface area contributed by atoms with Crippen LogP contribution in [-0.2, 0) is 0 Å². The van der Waals surface area contributed by atoms with Crippen molar-refractivity contribution in [2.45, 2.75) is 0 Å². The molecule has 0 spiro atoms. The largest absolute Gasteiger partial charge is 0.287 e. The summed E-state index contributed by atoms with van der Waals surface area (Å²) in [6, 6.07) is 2.36. The van der Waals surface area contributed by atoms with Crippen LogP contribution in [0.3, 0.4) is 0 Å². The minimum Gasteiger partial charge on any atom is -0.258 e. The van der Waals surface area contributed by atoms with E-state index in [4.69, 9.17) is 0 Å². The van der Waals surface area contributed by atoms with Crippen LogP contribution >= 0.6 is 0 Å². The molecule has 1 rings (SSSR count). The quantitative estimate of drug-likeness (QED) is 0.365. The Labute approximate surface area is 61.0 Å². The van der Waals surface area contributed by atoms with Crippen molar-refractivity contribution >= 4 is 11.5 Å². The molecule has 1 heterocycles. The summed E-state index contributed by atoms with van der Waals surface area (Å²) < 4.78 is 0. The third-order valence-electron chi connectivity index (χ3n) is 1.04. The summed E-state index contributed by atoms with van der Waals surface area (Å²) in [7, 11) is 0. The van der Waals surface area contributed by atoms with Crippen molar-refractivity contribution in [1.82, 2.24) is 4.98 Å². The smallest absolute Gasteiger partial charge is 0.258 e. The molecule has 11 heavy (non-hydrogen) atoms. The molecule has 1 aromatic heterocycles. The van der Waals surface area contributed by atoms with Gasteiger partial charge in [0.25, 0.3) is 5.69 Å². The lowest BCUT2D eigenvalue weighted by molar-refractivity contribution is -0.385. The Balaban J connectivity index is 3.00. The van der Waals surface area contributed by atoms with Crippen LogP contribution in [-0.4, -0.2) is 9.91 Å². The van der Waals surface area contributed by atoms with E-state index in [2.05, 4.69) is 10.2 Å². The number of hydrogen-bond acceptors (Lipinski definition) is 5. The van der Waals surface area contributed by atoms with Gasteiger partial charge >= 0.3 is 0 Å². The fourth-order valence-electron chi connectivity index (χ4n) is 0.540. The summed E-state index contributed by atoms with van der Waals surface area (Å²) in [6.07, 6.45) is 0.983. The zero-order valence-electron chi connectivity index (χ0n) is 5.30. The van der Waals surface area contributed by atoms with Gasteiger partial charge in [-0.15, -0.1) is 4.91 Å². The van der Waals surface area contributed by atoms with Crippen molar-refractivity contribution in [3.63, 3.8) is 0 Å². The van der Waals surface area contributed by atoms with Gasteiger partial charge in [0.05, 0.1) is 4.92 Å². The van der Waals surface area contributed by atoms with E-state index in [0.717, 1.165) is 6.20 Å². The summed E-state index contributed by atoms with van der Waals surface area (Å²) in [5.41, 5.74) is -0.155. The predicted octanol–water partition coefficient (Wildman–Crippen LogP) is 1.39. The zero-order valence-corrected chi connectivity index (χ0v) is 5.30. The molecule has 6 heteroatoms. The number of rotatable bonds is 2. The van der Waals surface area contributed by atoms with Crippen LogP contribution in [0, 0.1) is 15.0 Å². The van der Waals surface area contributed by atoms with E-state index in [9.17, 15) is 15.0 Å². The topological polar surface area (TPSA) is 85.5 Å². The second kappa shape index (κ2) is 2.82. The van der Waals surface area contributed by atoms with E-state index in [1.54, 1.807) is 0 Å². The molecule has 0 aromatic carbocycles. The van der Waals surface area contributed by atoms with Gasteiger partial charge < -0.3 is 0 Å². The molecular weight excluding hydrogens is 150 g/mol. The van der Waals surface area contributed by atoms with Gasteiger partial charge in [-0.2, -0.15) is 0 Å². The Kier molecular flexibility index (Phi) is 1.86. The minimum atomic E-state index is -0.596. The highest BCUT2D eigenvalue weighted by Gasteiger charge is 2.04. The molecule has 0 aliphatic carbocycles. The van der Waals surface area contributed by atoms with Crippen molar-refractivity contribution < 1.29 is 4.92 Å². The molecule has 0 aliphatic rings. The molecule has 0 saturated heterocycles. The highest BCUT2D eigenvalue weighted by Crippen LogP contribution is 2.12. The van der Waals surface area contributed by atoms with Gasteiger partial charge in [-0.25, -0.2) is 4.98 Å². The fraction of sp³-hybridized carbons (Fsp3) is 0. The average molecular weight is 153 g/mol. The summed E-state index contributed by atoms with van der Waals surface area (Å²) in [5, 5.41) is 12.5. The van der Waals surface area contributed by atoms with Crippen molar-refractivity contribution in [2.75, 3.05) is 0 Å². The van der Waals surface area contributed by atoms with E-state index in [0.29, 0.717) is 0 Å². The third-order valence-corrected chi connectivity index (χ3v) is 1.04. The van der Waals surface area contributed by atoms with Crippen molar-refractivity contribution in [2.24, 2.45) is 5.18 Å². The Bertz CT molecular complexity index is 282. The monoisotopic (exact) mass is 153 g/mol. The summed E-state index contributed by atoms with van der Waals surface area (Å²) in [6.45, 7) is 0. The lowest BCUT2D eigenvalue weighted by Crippen LogP contribution is -1.87. The molecule has 0 unspecified atom stereocenters. The molecule has 1 aromatic rings. The first-order chi connectivity index (χ1) is 5.24. The summed E-state index contributed by atoms with van der Waals surface area (Å²) >= 11 is 0. The fourth-order valence-corrected chi connectivity index (χ4v) is 0.540. The zero-order chi connectivity index (χ0) is 8.27. The van der Waals surface area contributed by atoms with Crippen LogP contribution in [0.15, 0.2) is 23.5 Å². The first-order valence-corrected chi connectivity index (χ1v) is 2.68.